The Morgan fingerprint density at radius 3 is 2.71 bits per heavy atom. The number of nitrogens with one attached hydrogen (secondary N) is 1. The maximum Gasteiger partial charge on any atom is 0.261 e. The Balaban J connectivity index is 1.79. The zero-order valence-electron chi connectivity index (χ0n) is 15.4. The maximum absolute atomic E-state index is 13.1. The lowest BCUT2D eigenvalue weighted by Gasteiger charge is -2.16. The summed E-state index contributed by atoms with van der Waals surface area (Å²) in [5.41, 5.74) is 8.08. The van der Waals surface area contributed by atoms with Gasteiger partial charge in [-0.1, -0.05) is 35.1 Å². The number of aromatic nitrogens is 2. The quantitative estimate of drug-likeness (QED) is 0.612. The van der Waals surface area contributed by atoms with Crippen LogP contribution in [0.2, 0.25) is 5.02 Å². The van der Waals surface area contributed by atoms with Crippen molar-refractivity contribution in [2.45, 2.75) is 12.5 Å². The van der Waals surface area contributed by atoms with Gasteiger partial charge in [0.25, 0.3) is 5.91 Å². The van der Waals surface area contributed by atoms with E-state index >= 15 is 0 Å². The second kappa shape index (κ2) is 8.72. The monoisotopic (exact) mass is 422 g/mol. The van der Waals surface area contributed by atoms with E-state index in [2.05, 4.69) is 10.4 Å². The number of hydrogen-bond acceptors (Lipinski definition) is 5. The number of benzene rings is 1. The van der Waals surface area contributed by atoms with Crippen LogP contribution in [-0.4, -0.2) is 35.4 Å². The van der Waals surface area contributed by atoms with Crippen molar-refractivity contribution in [3.63, 3.8) is 0 Å². The first-order valence-corrected chi connectivity index (χ1v) is 9.73. The molecule has 0 saturated heterocycles. The molecule has 1 atom stereocenters. The maximum atomic E-state index is 13.1. The molecule has 3 aromatic rings. The molecule has 1 unspecified atom stereocenters. The number of halogens is 2. The molecule has 2 heterocycles. The summed E-state index contributed by atoms with van der Waals surface area (Å²) in [4.78, 5) is 13.2. The summed E-state index contributed by atoms with van der Waals surface area (Å²) in [6, 6.07) is 7.58. The Morgan fingerprint density at radius 2 is 2.14 bits per heavy atom. The van der Waals surface area contributed by atoms with Gasteiger partial charge >= 0.3 is 0 Å². The number of hydrogen-bond donors (Lipinski definition) is 2. The molecule has 9 heteroatoms. The highest BCUT2D eigenvalue weighted by molar-refractivity contribution is 7.16. The highest BCUT2D eigenvalue weighted by Gasteiger charge is 2.22. The van der Waals surface area contributed by atoms with E-state index in [9.17, 15) is 9.18 Å². The predicted octanol–water partition coefficient (Wildman–Crippen LogP) is 3.25. The summed E-state index contributed by atoms with van der Waals surface area (Å²) in [6.45, 7) is 0.256. The third kappa shape index (κ3) is 4.35. The van der Waals surface area contributed by atoms with Gasteiger partial charge in [0.05, 0.1) is 34.5 Å². The van der Waals surface area contributed by atoms with Crippen LogP contribution in [0.25, 0.3) is 11.3 Å². The second-order valence-electron chi connectivity index (χ2n) is 6.22. The molecule has 0 aliphatic carbocycles. The van der Waals surface area contributed by atoms with Crippen molar-refractivity contribution in [2.75, 3.05) is 13.7 Å². The van der Waals surface area contributed by atoms with Gasteiger partial charge in [-0.05, 0) is 30.2 Å². The number of nitrogens with zero attached hydrogens (tertiary/aromatic N) is 2. The van der Waals surface area contributed by atoms with Crippen molar-refractivity contribution in [2.24, 2.45) is 12.8 Å². The van der Waals surface area contributed by atoms with Gasteiger partial charge in [-0.15, -0.1) is 0 Å². The number of methoxy groups -OCH3 is 1. The van der Waals surface area contributed by atoms with Gasteiger partial charge in [-0.25, -0.2) is 4.39 Å². The van der Waals surface area contributed by atoms with E-state index in [1.165, 1.54) is 23.5 Å². The van der Waals surface area contributed by atoms with Gasteiger partial charge in [0.15, 0.2) is 5.06 Å². The number of carbonyl (C=O) groups excluding carboxylic acids is 1. The van der Waals surface area contributed by atoms with Crippen LogP contribution in [0.1, 0.15) is 15.2 Å². The summed E-state index contributed by atoms with van der Waals surface area (Å²) >= 11 is 7.45. The molecule has 148 valence electrons. The average molecular weight is 423 g/mol. The van der Waals surface area contributed by atoms with Crippen LogP contribution >= 0.6 is 22.9 Å². The van der Waals surface area contributed by atoms with Gasteiger partial charge in [-0.2, -0.15) is 5.10 Å². The lowest BCUT2D eigenvalue weighted by atomic mass is 10.1. The topological polar surface area (TPSA) is 82.2 Å². The highest BCUT2D eigenvalue weighted by Crippen LogP contribution is 2.40. The Labute approximate surface area is 171 Å². The molecule has 0 aliphatic rings. The fourth-order valence-corrected chi connectivity index (χ4v) is 4.02. The van der Waals surface area contributed by atoms with Crippen LogP contribution in [0.5, 0.6) is 5.06 Å². The van der Waals surface area contributed by atoms with Crippen LogP contribution in [0.3, 0.4) is 0 Å². The van der Waals surface area contributed by atoms with E-state index in [1.54, 1.807) is 43.2 Å². The highest BCUT2D eigenvalue weighted by atomic mass is 35.5. The molecule has 1 aromatic carbocycles. The van der Waals surface area contributed by atoms with Crippen LogP contribution < -0.4 is 15.8 Å². The molecule has 0 fully saturated rings. The Bertz CT molecular complexity index is 951. The van der Waals surface area contributed by atoms with Crippen molar-refractivity contribution in [3.05, 3.63) is 57.8 Å². The molecule has 3 N–H and O–H groups in total. The molecule has 3 rings (SSSR count). The third-order valence-corrected chi connectivity index (χ3v) is 5.64. The largest absolute Gasteiger partial charge is 0.487 e. The Kier molecular flexibility index (Phi) is 6.33. The first kappa shape index (κ1) is 20.3. The van der Waals surface area contributed by atoms with E-state index < -0.39 is 0 Å². The number of thiophene rings is 1. The molecule has 6 nitrogen and oxygen atoms in total. The number of rotatable bonds is 7. The second-order valence-corrected chi connectivity index (χ2v) is 7.64. The predicted molar refractivity (Wildman–Crippen MR) is 108 cm³/mol. The Morgan fingerprint density at radius 1 is 1.43 bits per heavy atom. The average Bonchev–Trinajstić information content (AvgIpc) is 3.25. The van der Waals surface area contributed by atoms with E-state index in [0.29, 0.717) is 32.6 Å². The minimum Gasteiger partial charge on any atom is -0.487 e. The van der Waals surface area contributed by atoms with E-state index in [1.807, 2.05) is 0 Å². The molecule has 0 bridgehead atoms. The van der Waals surface area contributed by atoms with E-state index in [4.69, 9.17) is 22.1 Å². The van der Waals surface area contributed by atoms with Gasteiger partial charge in [-0.3, -0.25) is 9.48 Å². The molecule has 1 amide bonds. The number of carbonyl (C=O) groups is 1. The van der Waals surface area contributed by atoms with Crippen molar-refractivity contribution in [3.8, 4) is 16.3 Å². The van der Waals surface area contributed by atoms with Crippen molar-refractivity contribution in [1.29, 1.82) is 0 Å². The lowest BCUT2D eigenvalue weighted by Crippen LogP contribution is -2.41. The van der Waals surface area contributed by atoms with E-state index in [-0.39, 0.29) is 24.3 Å². The van der Waals surface area contributed by atoms with Crippen molar-refractivity contribution < 1.29 is 13.9 Å². The van der Waals surface area contributed by atoms with Gasteiger partial charge in [0, 0.05) is 19.6 Å². The SMILES string of the molecule is COc1sc(C(=O)NC(CN)Cc2ccc(F)cc2)cc1-c1c(Cl)cnn1C. The Hall–Kier alpha value is -2.42. The van der Waals surface area contributed by atoms with Crippen LogP contribution in [0.4, 0.5) is 4.39 Å². The fourth-order valence-electron chi connectivity index (χ4n) is 2.87. The van der Waals surface area contributed by atoms with E-state index in [0.717, 1.165) is 5.56 Å². The van der Waals surface area contributed by atoms with Crippen molar-refractivity contribution in [1.82, 2.24) is 15.1 Å². The fraction of sp³-hybridized carbons (Fsp3) is 0.263. The summed E-state index contributed by atoms with van der Waals surface area (Å²) in [5.74, 6) is -0.561. The molecule has 0 spiro atoms. The lowest BCUT2D eigenvalue weighted by molar-refractivity contribution is 0.0942. The van der Waals surface area contributed by atoms with Crippen molar-refractivity contribution >= 4 is 28.8 Å². The molecule has 0 saturated carbocycles. The minimum atomic E-state index is -0.302. The molecule has 0 aliphatic heterocycles. The zero-order valence-corrected chi connectivity index (χ0v) is 17.0. The minimum absolute atomic E-state index is 0.256. The van der Waals surface area contributed by atoms with Crippen LogP contribution in [-0.2, 0) is 13.5 Å². The number of aryl methyl sites for hydroxylation is 1. The molecule has 28 heavy (non-hydrogen) atoms. The summed E-state index contributed by atoms with van der Waals surface area (Å²) in [7, 11) is 3.31. The first-order chi connectivity index (χ1) is 13.4. The number of nitrogens with two attached hydrogens (primary N) is 1. The molecule has 0 radical (unpaired) electrons. The smallest absolute Gasteiger partial charge is 0.261 e. The summed E-state index contributed by atoms with van der Waals surface area (Å²) in [6.07, 6.45) is 2.05. The molecule has 2 aromatic heterocycles. The van der Waals surface area contributed by atoms with Gasteiger partial charge in [0.2, 0.25) is 0 Å². The summed E-state index contributed by atoms with van der Waals surface area (Å²) < 4.78 is 20.1. The summed E-state index contributed by atoms with van der Waals surface area (Å²) in [5, 5.41) is 8.10. The standard InChI is InChI=1S/C19H20ClFN4O2S/c1-25-17(15(20)10-23-25)14-8-16(28-19(14)27-2)18(26)24-13(9-22)7-11-3-5-12(21)6-4-11/h3-6,8,10,13H,7,9,22H2,1-2H3,(H,24,26). The number of ether oxygens (including phenoxy) is 1. The van der Waals surface area contributed by atoms with Crippen LogP contribution in [0, 0.1) is 5.82 Å². The number of amides is 1. The third-order valence-electron chi connectivity index (χ3n) is 4.27. The van der Waals surface area contributed by atoms with Gasteiger partial charge < -0.3 is 15.8 Å². The molecular formula is C19H20ClFN4O2S. The zero-order chi connectivity index (χ0) is 20.3. The molecular weight excluding hydrogens is 403 g/mol. The van der Waals surface area contributed by atoms with Crippen LogP contribution in [0.15, 0.2) is 36.5 Å². The van der Waals surface area contributed by atoms with Gasteiger partial charge in [0.1, 0.15) is 5.82 Å². The normalized spacial score (nSPS) is 12.0. The first-order valence-electron chi connectivity index (χ1n) is 8.54.